The highest BCUT2D eigenvalue weighted by Crippen LogP contribution is 2.31. The zero-order chi connectivity index (χ0) is 13.1. The minimum atomic E-state index is -0.920. The van der Waals surface area contributed by atoms with Crippen molar-refractivity contribution < 1.29 is 14.2 Å². The second-order valence-electron chi connectivity index (χ2n) is 3.88. The largest absolute Gasteiger partial charge is 0.457 e. The fourth-order valence-corrected chi connectivity index (χ4v) is 1.91. The summed E-state index contributed by atoms with van der Waals surface area (Å²) in [7, 11) is 0. The van der Waals surface area contributed by atoms with Gasteiger partial charge in [-0.3, -0.25) is 0 Å². The van der Waals surface area contributed by atoms with Crippen LogP contribution in [0.3, 0.4) is 0 Å². The smallest absolute Gasteiger partial charge is 0.136 e. The highest BCUT2D eigenvalue weighted by Gasteiger charge is 2.15. The number of hydrogen-bond donors (Lipinski definition) is 1. The molecule has 0 unspecified atom stereocenters. The van der Waals surface area contributed by atoms with E-state index < -0.39 is 11.9 Å². The summed E-state index contributed by atoms with van der Waals surface area (Å²) in [5, 5.41) is 9.58. The van der Waals surface area contributed by atoms with E-state index in [0.29, 0.717) is 11.5 Å². The number of halogens is 2. The molecule has 0 fully saturated rings. The molecule has 0 bridgehead atoms. The minimum Gasteiger partial charge on any atom is -0.457 e. The molecular weight excluding hydrogens is 299 g/mol. The molecule has 0 radical (unpaired) electrons. The molecule has 0 amide bonds. The molecule has 4 heteroatoms. The van der Waals surface area contributed by atoms with E-state index in [1.165, 1.54) is 13.0 Å². The third kappa shape index (κ3) is 2.89. The molecule has 0 heterocycles. The van der Waals surface area contributed by atoms with Crippen LogP contribution in [0.4, 0.5) is 4.39 Å². The molecule has 1 atom stereocenters. The first-order valence-corrected chi connectivity index (χ1v) is 6.27. The number of hydrogen-bond acceptors (Lipinski definition) is 2. The van der Waals surface area contributed by atoms with Gasteiger partial charge in [-0.25, -0.2) is 4.39 Å². The molecule has 2 aromatic carbocycles. The third-order valence-electron chi connectivity index (χ3n) is 2.47. The average molecular weight is 311 g/mol. The van der Waals surface area contributed by atoms with Crippen molar-refractivity contribution in [3.8, 4) is 11.5 Å². The van der Waals surface area contributed by atoms with Gasteiger partial charge in [-0.15, -0.1) is 0 Å². The zero-order valence-electron chi connectivity index (χ0n) is 9.73. The molecule has 1 N–H and O–H groups in total. The van der Waals surface area contributed by atoms with Crippen LogP contribution in [0.15, 0.2) is 46.9 Å². The summed E-state index contributed by atoms with van der Waals surface area (Å²) >= 11 is 3.32. The Morgan fingerprint density at radius 2 is 1.83 bits per heavy atom. The van der Waals surface area contributed by atoms with Gasteiger partial charge in [0.15, 0.2) is 0 Å². The Morgan fingerprint density at radius 1 is 1.17 bits per heavy atom. The lowest BCUT2D eigenvalue weighted by atomic mass is 10.1. The van der Waals surface area contributed by atoms with Crippen LogP contribution in [-0.4, -0.2) is 5.11 Å². The molecule has 94 valence electrons. The summed E-state index contributed by atoms with van der Waals surface area (Å²) in [4.78, 5) is 0. The highest BCUT2D eigenvalue weighted by molar-refractivity contribution is 9.10. The molecule has 2 rings (SSSR count). The van der Waals surface area contributed by atoms with Crippen molar-refractivity contribution in [3.05, 3.63) is 58.3 Å². The number of benzene rings is 2. The standard InChI is InChI=1S/C14H12BrFO2/c1-9(17)14-12(16)3-2-4-13(14)18-11-7-5-10(15)6-8-11/h2-9,17H,1H3/t9-/m1/s1. The van der Waals surface area contributed by atoms with Crippen LogP contribution < -0.4 is 4.74 Å². The topological polar surface area (TPSA) is 29.5 Å². The zero-order valence-corrected chi connectivity index (χ0v) is 11.3. The monoisotopic (exact) mass is 310 g/mol. The highest BCUT2D eigenvalue weighted by atomic mass is 79.9. The van der Waals surface area contributed by atoms with Crippen molar-refractivity contribution in [2.75, 3.05) is 0 Å². The minimum absolute atomic E-state index is 0.167. The SMILES string of the molecule is C[C@@H](O)c1c(F)cccc1Oc1ccc(Br)cc1. The van der Waals surface area contributed by atoms with Gasteiger partial charge < -0.3 is 9.84 Å². The molecule has 18 heavy (non-hydrogen) atoms. The summed E-state index contributed by atoms with van der Waals surface area (Å²) in [6.07, 6.45) is -0.920. The number of ether oxygens (including phenoxy) is 1. The maximum Gasteiger partial charge on any atom is 0.136 e. The summed E-state index contributed by atoms with van der Waals surface area (Å²) in [5.41, 5.74) is 0.167. The quantitative estimate of drug-likeness (QED) is 0.908. The lowest BCUT2D eigenvalue weighted by Crippen LogP contribution is -1.99. The van der Waals surface area contributed by atoms with Gasteiger partial charge in [-0.05, 0) is 43.3 Å². The molecular formula is C14H12BrFO2. The second-order valence-corrected chi connectivity index (χ2v) is 4.80. The van der Waals surface area contributed by atoms with Crippen molar-refractivity contribution in [1.82, 2.24) is 0 Å². The van der Waals surface area contributed by atoms with Gasteiger partial charge in [-0.2, -0.15) is 0 Å². The molecule has 0 saturated carbocycles. The van der Waals surface area contributed by atoms with Gasteiger partial charge in [0.2, 0.25) is 0 Å². The predicted molar refractivity (Wildman–Crippen MR) is 71.2 cm³/mol. The predicted octanol–water partition coefficient (Wildman–Crippen LogP) is 4.43. The van der Waals surface area contributed by atoms with Crippen LogP contribution in [0.25, 0.3) is 0 Å². The summed E-state index contributed by atoms with van der Waals surface area (Å²) in [6, 6.07) is 11.7. The number of aliphatic hydroxyl groups is 1. The van der Waals surface area contributed by atoms with Gasteiger partial charge in [0.1, 0.15) is 17.3 Å². The molecule has 0 aromatic heterocycles. The molecule has 0 spiro atoms. The summed E-state index contributed by atoms with van der Waals surface area (Å²) in [5.74, 6) is 0.442. The first-order valence-electron chi connectivity index (χ1n) is 5.48. The Bertz CT molecular complexity index is 538. The van der Waals surface area contributed by atoms with Gasteiger partial charge in [0.25, 0.3) is 0 Å². The van der Waals surface area contributed by atoms with Crippen molar-refractivity contribution in [3.63, 3.8) is 0 Å². The normalized spacial score (nSPS) is 12.2. The Kier molecular flexibility index (Phi) is 3.99. The fourth-order valence-electron chi connectivity index (χ4n) is 1.64. The van der Waals surface area contributed by atoms with Crippen LogP contribution in [0, 0.1) is 5.82 Å². The van der Waals surface area contributed by atoms with Crippen LogP contribution in [-0.2, 0) is 0 Å². The molecule has 0 aliphatic rings. The number of aliphatic hydroxyl groups excluding tert-OH is 1. The van der Waals surface area contributed by atoms with E-state index in [1.54, 1.807) is 24.3 Å². The lowest BCUT2D eigenvalue weighted by Gasteiger charge is -2.13. The van der Waals surface area contributed by atoms with Crippen molar-refractivity contribution >= 4 is 15.9 Å². The van der Waals surface area contributed by atoms with E-state index in [4.69, 9.17) is 4.74 Å². The molecule has 0 aliphatic heterocycles. The first-order chi connectivity index (χ1) is 8.58. The van der Waals surface area contributed by atoms with E-state index in [2.05, 4.69) is 15.9 Å². The van der Waals surface area contributed by atoms with E-state index in [9.17, 15) is 9.50 Å². The summed E-state index contributed by atoms with van der Waals surface area (Å²) in [6.45, 7) is 1.51. The molecule has 0 aliphatic carbocycles. The third-order valence-corrected chi connectivity index (χ3v) is 3.00. The van der Waals surface area contributed by atoms with Gasteiger partial charge in [-0.1, -0.05) is 22.0 Å². The fraction of sp³-hybridized carbons (Fsp3) is 0.143. The Balaban J connectivity index is 2.34. The van der Waals surface area contributed by atoms with E-state index in [1.807, 2.05) is 12.1 Å². The molecule has 2 nitrogen and oxygen atoms in total. The second kappa shape index (κ2) is 5.50. The molecule has 2 aromatic rings. The van der Waals surface area contributed by atoms with E-state index in [0.717, 1.165) is 4.47 Å². The molecule has 0 saturated heterocycles. The maximum absolute atomic E-state index is 13.6. The van der Waals surface area contributed by atoms with Gasteiger partial charge in [0, 0.05) is 4.47 Å². The van der Waals surface area contributed by atoms with E-state index >= 15 is 0 Å². The Morgan fingerprint density at radius 3 is 2.44 bits per heavy atom. The van der Waals surface area contributed by atoms with Crippen molar-refractivity contribution in [1.29, 1.82) is 0 Å². The summed E-state index contributed by atoms with van der Waals surface area (Å²) < 4.78 is 20.1. The van der Waals surface area contributed by atoms with Crippen molar-refractivity contribution in [2.24, 2.45) is 0 Å². The Hall–Kier alpha value is -1.39. The van der Waals surface area contributed by atoms with Gasteiger partial charge in [0.05, 0.1) is 11.7 Å². The van der Waals surface area contributed by atoms with E-state index in [-0.39, 0.29) is 5.56 Å². The van der Waals surface area contributed by atoms with Crippen molar-refractivity contribution in [2.45, 2.75) is 13.0 Å². The van der Waals surface area contributed by atoms with Crippen LogP contribution in [0.5, 0.6) is 11.5 Å². The maximum atomic E-state index is 13.6. The van der Waals surface area contributed by atoms with Gasteiger partial charge >= 0.3 is 0 Å². The lowest BCUT2D eigenvalue weighted by molar-refractivity contribution is 0.190. The van der Waals surface area contributed by atoms with Crippen LogP contribution in [0.2, 0.25) is 0 Å². The van der Waals surface area contributed by atoms with Crippen LogP contribution >= 0.6 is 15.9 Å². The average Bonchev–Trinajstić information content (AvgIpc) is 2.32. The Labute approximate surface area is 113 Å². The number of rotatable bonds is 3. The van der Waals surface area contributed by atoms with Crippen LogP contribution in [0.1, 0.15) is 18.6 Å². The first kappa shape index (κ1) is 13.1.